The van der Waals surface area contributed by atoms with Crippen LogP contribution in [-0.4, -0.2) is 46.7 Å². The van der Waals surface area contributed by atoms with Gasteiger partial charge in [0.15, 0.2) is 0 Å². The average Bonchev–Trinajstić information content (AvgIpc) is 3.49. The van der Waals surface area contributed by atoms with Crippen LogP contribution < -0.4 is 15.4 Å². The van der Waals surface area contributed by atoms with Crippen LogP contribution in [0, 0.1) is 5.92 Å². The number of hydrogen-bond donors (Lipinski definition) is 0. The van der Waals surface area contributed by atoms with Crippen molar-refractivity contribution >= 4 is 11.8 Å². The number of anilines is 2. The lowest BCUT2D eigenvalue weighted by molar-refractivity contribution is 0.350. The maximum Gasteiger partial charge on any atom is 0.253 e. The molecular formula is C19H26N6O. The molecule has 0 radical (unpaired) electrons. The molecular weight excluding hydrogens is 328 g/mol. The van der Waals surface area contributed by atoms with E-state index in [1.807, 2.05) is 31.3 Å². The van der Waals surface area contributed by atoms with E-state index < -0.39 is 0 Å². The van der Waals surface area contributed by atoms with Crippen LogP contribution in [0.15, 0.2) is 29.5 Å². The van der Waals surface area contributed by atoms with Crippen LogP contribution in [0.1, 0.15) is 37.3 Å². The van der Waals surface area contributed by atoms with Gasteiger partial charge in [-0.1, -0.05) is 0 Å². The predicted octanol–water partition coefficient (Wildman–Crippen LogP) is 1.89. The highest BCUT2D eigenvalue weighted by atomic mass is 16.1. The molecule has 4 rings (SSSR count). The topological polar surface area (TPSA) is 67.2 Å². The molecule has 26 heavy (non-hydrogen) atoms. The Morgan fingerprint density at radius 1 is 1.15 bits per heavy atom. The highest BCUT2D eigenvalue weighted by molar-refractivity contribution is 5.43. The van der Waals surface area contributed by atoms with Crippen molar-refractivity contribution in [3.8, 4) is 0 Å². The number of hydrogen-bond acceptors (Lipinski definition) is 6. The molecule has 2 aromatic heterocycles. The van der Waals surface area contributed by atoms with Crippen LogP contribution in [-0.2, 0) is 6.54 Å². The maximum absolute atomic E-state index is 12.3. The minimum Gasteiger partial charge on any atom is -0.356 e. The minimum absolute atomic E-state index is 0.0933. The second kappa shape index (κ2) is 7.05. The summed E-state index contributed by atoms with van der Waals surface area (Å²) in [7, 11) is 3.90. The van der Waals surface area contributed by atoms with Gasteiger partial charge in [-0.3, -0.25) is 9.36 Å². The van der Waals surface area contributed by atoms with Gasteiger partial charge in [0.25, 0.3) is 5.56 Å². The van der Waals surface area contributed by atoms with Gasteiger partial charge in [-0.2, -0.15) is 4.98 Å². The molecule has 138 valence electrons. The van der Waals surface area contributed by atoms with E-state index in [0.717, 1.165) is 49.9 Å². The lowest BCUT2D eigenvalue weighted by atomic mass is 9.96. The molecule has 0 spiro atoms. The van der Waals surface area contributed by atoms with E-state index in [-0.39, 0.29) is 5.56 Å². The van der Waals surface area contributed by atoms with Crippen LogP contribution in [0.3, 0.4) is 0 Å². The molecule has 0 unspecified atom stereocenters. The Morgan fingerprint density at radius 3 is 2.58 bits per heavy atom. The van der Waals surface area contributed by atoms with E-state index in [0.29, 0.717) is 11.8 Å². The van der Waals surface area contributed by atoms with Gasteiger partial charge in [0, 0.05) is 51.9 Å². The number of piperidine rings is 1. The zero-order valence-electron chi connectivity index (χ0n) is 15.5. The van der Waals surface area contributed by atoms with Crippen molar-refractivity contribution in [2.45, 2.75) is 38.1 Å². The third kappa shape index (κ3) is 3.71. The van der Waals surface area contributed by atoms with Crippen molar-refractivity contribution in [1.29, 1.82) is 0 Å². The van der Waals surface area contributed by atoms with E-state index in [9.17, 15) is 4.79 Å². The van der Waals surface area contributed by atoms with Crippen molar-refractivity contribution in [2.75, 3.05) is 37.0 Å². The Hall–Kier alpha value is -2.44. The summed E-state index contributed by atoms with van der Waals surface area (Å²) < 4.78 is 1.78. The molecule has 0 atom stereocenters. The third-order valence-electron chi connectivity index (χ3n) is 5.32. The molecule has 0 bridgehead atoms. The highest BCUT2D eigenvalue weighted by Gasteiger charge is 2.26. The van der Waals surface area contributed by atoms with E-state index in [1.54, 1.807) is 17.0 Å². The summed E-state index contributed by atoms with van der Waals surface area (Å²) in [6.07, 6.45) is 8.02. The molecule has 1 aliphatic carbocycles. The summed E-state index contributed by atoms with van der Waals surface area (Å²) in [5.74, 6) is 2.75. The summed E-state index contributed by atoms with van der Waals surface area (Å²) in [4.78, 5) is 29.9. The normalized spacial score (nSPS) is 18.2. The summed E-state index contributed by atoms with van der Waals surface area (Å²) in [5, 5.41) is 0. The SMILES string of the molecule is CN(C)c1nccc(N2CCC(Cn3cnc(C4CC4)cc3=O)CC2)n1. The summed E-state index contributed by atoms with van der Waals surface area (Å²) in [6, 6.07) is 3.70. The van der Waals surface area contributed by atoms with Crippen LogP contribution in [0.2, 0.25) is 0 Å². The number of rotatable bonds is 5. The van der Waals surface area contributed by atoms with Gasteiger partial charge >= 0.3 is 0 Å². The molecule has 1 aliphatic heterocycles. The summed E-state index contributed by atoms with van der Waals surface area (Å²) in [6.45, 7) is 2.67. The first-order valence-corrected chi connectivity index (χ1v) is 9.42. The summed E-state index contributed by atoms with van der Waals surface area (Å²) >= 11 is 0. The molecule has 2 aromatic rings. The molecule has 2 aliphatic rings. The van der Waals surface area contributed by atoms with E-state index >= 15 is 0 Å². The molecule has 7 nitrogen and oxygen atoms in total. The van der Waals surface area contributed by atoms with E-state index in [1.165, 1.54) is 12.8 Å². The van der Waals surface area contributed by atoms with Crippen molar-refractivity contribution in [3.63, 3.8) is 0 Å². The monoisotopic (exact) mass is 354 g/mol. The Balaban J connectivity index is 1.36. The van der Waals surface area contributed by atoms with E-state index in [2.05, 4.69) is 19.9 Å². The van der Waals surface area contributed by atoms with Crippen molar-refractivity contribution in [1.82, 2.24) is 19.5 Å². The van der Waals surface area contributed by atoms with Crippen LogP contribution in [0.4, 0.5) is 11.8 Å². The molecule has 1 saturated heterocycles. The van der Waals surface area contributed by atoms with Crippen molar-refractivity contribution in [2.24, 2.45) is 5.92 Å². The smallest absolute Gasteiger partial charge is 0.253 e. The third-order valence-corrected chi connectivity index (χ3v) is 5.32. The van der Waals surface area contributed by atoms with E-state index in [4.69, 9.17) is 0 Å². The second-order valence-corrected chi connectivity index (χ2v) is 7.62. The zero-order chi connectivity index (χ0) is 18.1. The van der Waals surface area contributed by atoms with Gasteiger partial charge in [0.2, 0.25) is 5.95 Å². The first-order valence-electron chi connectivity index (χ1n) is 9.42. The quantitative estimate of drug-likeness (QED) is 0.817. The van der Waals surface area contributed by atoms with Gasteiger partial charge in [-0.25, -0.2) is 9.97 Å². The zero-order valence-corrected chi connectivity index (χ0v) is 15.5. The molecule has 0 amide bonds. The van der Waals surface area contributed by atoms with Crippen molar-refractivity contribution in [3.05, 3.63) is 40.7 Å². The maximum atomic E-state index is 12.3. The van der Waals surface area contributed by atoms with Crippen LogP contribution >= 0.6 is 0 Å². The lowest BCUT2D eigenvalue weighted by Gasteiger charge is -2.33. The van der Waals surface area contributed by atoms with Gasteiger partial charge in [-0.15, -0.1) is 0 Å². The fraction of sp³-hybridized carbons (Fsp3) is 0.579. The van der Waals surface area contributed by atoms with Gasteiger partial charge in [-0.05, 0) is 37.7 Å². The van der Waals surface area contributed by atoms with Gasteiger partial charge < -0.3 is 9.80 Å². The Bertz CT molecular complexity index is 821. The first-order chi connectivity index (χ1) is 12.6. The largest absolute Gasteiger partial charge is 0.356 e. The fourth-order valence-corrected chi connectivity index (χ4v) is 3.53. The molecule has 1 saturated carbocycles. The molecule has 7 heteroatoms. The van der Waals surface area contributed by atoms with Crippen molar-refractivity contribution < 1.29 is 0 Å². The van der Waals surface area contributed by atoms with Gasteiger partial charge in [0.1, 0.15) is 5.82 Å². The van der Waals surface area contributed by atoms with Gasteiger partial charge in [0.05, 0.1) is 12.0 Å². The Labute approximate surface area is 153 Å². The lowest BCUT2D eigenvalue weighted by Crippen LogP contribution is -2.37. The molecule has 0 N–H and O–H groups in total. The number of aromatic nitrogens is 4. The summed E-state index contributed by atoms with van der Waals surface area (Å²) in [5.41, 5.74) is 1.07. The average molecular weight is 354 g/mol. The minimum atomic E-state index is 0.0933. The first kappa shape index (κ1) is 17.0. The second-order valence-electron chi connectivity index (χ2n) is 7.62. The highest BCUT2D eigenvalue weighted by Crippen LogP contribution is 2.38. The predicted molar refractivity (Wildman–Crippen MR) is 102 cm³/mol. The molecule has 2 fully saturated rings. The van der Waals surface area contributed by atoms with Crippen LogP contribution in [0.5, 0.6) is 0 Å². The van der Waals surface area contributed by atoms with Crippen LogP contribution in [0.25, 0.3) is 0 Å². The molecule has 0 aromatic carbocycles. The number of nitrogens with zero attached hydrogens (tertiary/aromatic N) is 6. The molecule has 3 heterocycles. The Morgan fingerprint density at radius 2 is 1.92 bits per heavy atom. The Kier molecular flexibility index (Phi) is 4.61. The fourth-order valence-electron chi connectivity index (χ4n) is 3.53. The standard InChI is InChI=1S/C19H26N6O/c1-23(2)19-20-8-5-17(22-19)24-9-6-14(7-10-24)12-25-13-21-16(11-18(25)26)15-3-4-15/h5,8,11,13-15H,3-4,6-7,9-10,12H2,1-2H3.